The molecule has 3 N–H and O–H groups in total. The summed E-state index contributed by atoms with van der Waals surface area (Å²) in [5.41, 5.74) is 2.64. The van der Waals surface area contributed by atoms with Crippen LogP contribution >= 0.6 is 0 Å². The fourth-order valence-electron chi connectivity index (χ4n) is 1.38. The van der Waals surface area contributed by atoms with E-state index < -0.39 is 23.5 Å². The standard InChI is InChI=1S/C10H6F3N3O3/c11-10(12,13)8-6(9(17)18)16-5(3-15-8)7-4(14)1-2-19-7/h1-3H,14H2,(H,17,18). The SMILES string of the molecule is Nc1ccoc1-c1cnc(C(F)(F)F)c(C(=O)O)n1. The number of aromatic nitrogens is 2. The lowest BCUT2D eigenvalue weighted by Gasteiger charge is -2.09. The fraction of sp³-hybridized carbons (Fsp3) is 0.100. The normalized spacial score (nSPS) is 11.5. The number of carboxylic acids is 1. The van der Waals surface area contributed by atoms with Crippen LogP contribution < -0.4 is 5.73 Å². The molecule has 0 aliphatic rings. The fourth-order valence-corrected chi connectivity index (χ4v) is 1.38. The highest BCUT2D eigenvalue weighted by atomic mass is 19.4. The topological polar surface area (TPSA) is 102 Å². The van der Waals surface area contributed by atoms with E-state index in [0.717, 1.165) is 6.20 Å². The van der Waals surface area contributed by atoms with Crippen LogP contribution in [0.5, 0.6) is 0 Å². The average molecular weight is 273 g/mol. The number of carbonyl (C=O) groups is 1. The first-order chi connectivity index (χ1) is 8.80. The summed E-state index contributed by atoms with van der Waals surface area (Å²) in [5, 5.41) is 8.76. The minimum atomic E-state index is -4.91. The molecule has 0 radical (unpaired) electrons. The van der Waals surface area contributed by atoms with Gasteiger partial charge in [0.2, 0.25) is 0 Å². The Bertz CT molecular complexity index is 636. The number of carboxylic acid groups (broad SMARTS) is 1. The quantitative estimate of drug-likeness (QED) is 0.867. The average Bonchev–Trinajstić information content (AvgIpc) is 2.73. The van der Waals surface area contributed by atoms with Crippen LogP contribution in [0.3, 0.4) is 0 Å². The molecule has 0 bridgehead atoms. The molecule has 19 heavy (non-hydrogen) atoms. The van der Waals surface area contributed by atoms with Crippen molar-refractivity contribution in [3.05, 3.63) is 29.9 Å². The Morgan fingerprint density at radius 3 is 2.58 bits per heavy atom. The summed E-state index contributed by atoms with van der Waals surface area (Å²) in [6.45, 7) is 0. The third kappa shape index (κ3) is 2.34. The number of hydrogen-bond acceptors (Lipinski definition) is 5. The van der Waals surface area contributed by atoms with Gasteiger partial charge in [-0.05, 0) is 0 Å². The molecule has 0 amide bonds. The van der Waals surface area contributed by atoms with E-state index in [-0.39, 0.29) is 17.1 Å². The third-order valence-electron chi connectivity index (χ3n) is 2.17. The first kappa shape index (κ1) is 12.9. The van der Waals surface area contributed by atoms with Crippen molar-refractivity contribution in [2.45, 2.75) is 6.18 Å². The molecule has 0 atom stereocenters. The highest BCUT2D eigenvalue weighted by Gasteiger charge is 2.38. The summed E-state index contributed by atoms with van der Waals surface area (Å²) in [6.07, 6.45) is -2.96. The van der Waals surface area contributed by atoms with Gasteiger partial charge in [-0.2, -0.15) is 13.2 Å². The van der Waals surface area contributed by atoms with Crippen molar-refractivity contribution in [2.24, 2.45) is 0 Å². The number of furan rings is 1. The predicted octanol–water partition coefficient (Wildman–Crippen LogP) is 2.04. The summed E-state index contributed by atoms with van der Waals surface area (Å²) < 4.78 is 42.6. The molecule has 0 aromatic carbocycles. The van der Waals surface area contributed by atoms with E-state index in [2.05, 4.69) is 9.97 Å². The van der Waals surface area contributed by atoms with Crippen LogP contribution in [0.4, 0.5) is 18.9 Å². The number of rotatable bonds is 2. The van der Waals surface area contributed by atoms with Crippen molar-refractivity contribution in [1.82, 2.24) is 9.97 Å². The molecule has 100 valence electrons. The zero-order chi connectivity index (χ0) is 14.2. The van der Waals surface area contributed by atoms with E-state index in [1.54, 1.807) is 0 Å². The number of nitrogen functional groups attached to an aromatic ring is 1. The van der Waals surface area contributed by atoms with Crippen molar-refractivity contribution in [3.8, 4) is 11.5 Å². The molecule has 9 heteroatoms. The minimum absolute atomic E-state index is 0.0382. The first-order valence-corrected chi connectivity index (χ1v) is 4.81. The largest absolute Gasteiger partial charge is 0.476 e. The number of hydrogen-bond donors (Lipinski definition) is 2. The van der Waals surface area contributed by atoms with Gasteiger partial charge in [-0.15, -0.1) is 0 Å². The Balaban J connectivity index is 2.61. The predicted molar refractivity (Wildman–Crippen MR) is 56.1 cm³/mol. The molecule has 2 aromatic rings. The Morgan fingerprint density at radius 2 is 2.11 bits per heavy atom. The summed E-state index contributed by atoms with van der Waals surface area (Å²) in [6, 6.07) is 1.36. The number of nitrogens with zero attached hydrogens (tertiary/aromatic N) is 2. The van der Waals surface area contributed by atoms with E-state index in [1.165, 1.54) is 12.3 Å². The maximum absolute atomic E-state index is 12.5. The minimum Gasteiger partial charge on any atom is -0.476 e. The lowest BCUT2D eigenvalue weighted by molar-refractivity contribution is -0.142. The molecule has 0 aliphatic heterocycles. The van der Waals surface area contributed by atoms with Crippen LogP contribution in [-0.4, -0.2) is 21.0 Å². The molecule has 2 heterocycles. The summed E-state index contributed by atoms with van der Waals surface area (Å²) >= 11 is 0. The van der Waals surface area contributed by atoms with Gasteiger partial charge in [-0.1, -0.05) is 0 Å². The van der Waals surface area contributed by atoms with Gasteiger partial charge >= 0.3 is 12.1 Å². The molecule has 2 aromatic heterocycles. The van der Waals surface area contributed by atoms with Gasteiger partial charge in [-0.25, -0.2) is 14.8 Å². The number of aromatic carboxylic acids is 1. The maximum atomic E-state index is 12.5. The van der Waals surface area contributed by atoms with E-state index in [9.17, 15) is 18.0 Å². The molecule has 0 aliphatic carbocycles. The lowest BCUT2D eigenvalue weighted by atomic mass is 10.2. The van der Waals surface area contributed by atoms with Gasteiger partial charge in [0.1, 0.15) is 5.69 Å². The van der Waals surface area contributed by atoms with E-state index in [1.807, 2.05) is 0 Å². The highest BCUT2D eigenvalue weighted by Crippen LogP contribution is 2.32. The molecule has 0 unspecified atom stereocenters. The van der Waals surface area contributed by atoms with Crippen LogP contribution in [-0.2, 0) is 6.18 Å². The second-order valence-electron chi connectivity index (χ2n) is 3.46. The Labute approximate surface area is 103 Å². The van der Waals surface area contributed by atoms with Crippen LogP contribution in [0.25, 0.3) is 11.5 Å². The van der Waals surface area contributed by atoms with Crippen molar-refractivity contribution >= 4 is 11.7 Å². The molecule has 6 nitrogen and oxygen atoms in total. The van der Waals surface area contributed by atoms with Gasteiger partial charge < -0.3 is 15.3 Å². The number of anilines is 1. The molecule has 0 spiro atoms. The molecule has 0 fully saturated rings. The van der Waals surface area contributed by atoms with Crippen LogP contribution in [0.2, 0.25) is 0 Å². The maximum Gasteiger partial charge on any atom is 0.435 e. The number of halogens is 3. The summed E-state index contributed by atoms with van der Waals surface area (Å²) in [4.78, 5) is 17.3. The molecular formula is C10H6F3N3O3. The molecular weight excluding hydrogens is 267 g/mol. The monoisotopic (exact) mass is 273 g/mol. The zero-order valence-electron chi connectivity index (χ0n) is 9.10. The van der Waals surface area contributed by atoms with Gasteiger partial charge in [0.25, 0.3) is 0 Å². The number of alkyl halides is 3. The Hall–Kier alpha value is -2.58. The van der Waals surface area contributed by atoms with E-state index >= 15 is 0 Å². The molecule has 2 rings (SSSR count). The van der Waals surface area contributed by atoms with Crippen molar-refractivity contribution in [3.63, 3.8) is 0 Å². The van der Waals surface area contributed by atoms with Gasteiger partial charge in [-0.3, -0.25) is 0 Å². The smallest absolute Gasteiger partial charge is 0.435 e. The summed E-state index contributed by atoms with van der Waals surface area (Å²) in [5.74, 6) is -1.88. The molecule has 0 saturated heterocycles. The van der Waals surface area contributed by atoms with Crippen LogP contribution in [0, 0.1) is 0 Å². The lowest BCUT2D eigenvalue weighted by Crippen LogP contribution is -2.17. The van der Waals surface area contributed by atoms with Crippen LogP contribution in [0.15, 0.2) is 22.9 Å². The second kappa shape index (κ2) is 4.26. The van der Waals surface area contributed by atoms with E-state index in [4.69, 9.17) is 15.3 Å². The Kier molecular flexibility index (Phi) is 2.89. The van der Waals surface area contributed by atoms with Crippen LogP contribution in [0.1, 0.15) is 16.2 Å². The zero-order valence-corrected chi connectivity index (χ0v) is 9.10. The first-order valence-electron chi connectivity index (χ1n) is 4.81. The molecule has 0 saturated carbocycles. The van der Waals surface area contributed by atoms with Crippen molar-refractivity contribution in [1.29, 1.82) is 0 Å². The Morgan fingerprint density at radius 1 is 1.42 bits per heavy atom. The van der Waals surface area contributed by atoms with Crippen molar-refractivity contribution in [2.75, 3.05) is 5.73 Å². The highest BCUT2D eigenvalue weighted by molar-refractivity contribution is 5.87. The van der Waals surface area contributed by atoms with E-state index in [0.29, 0.717) is 0 Å². The van der Waals surface area contributed by atoms with Crippen molar-refractivity contribution < 1.29 is 27.5 Å². The van der Waals surface area contributed by atoms with Gasteiger partial charge in [0, 0.05) is 6.07 Å². The van der Waals surface area contributed by atoms with Gasteiger partial charge in [0.15, 0.2) is 17.1 Å². The second-order valence-corrected chi connectivity index (χ2v) is 3.46. The summed E-state index contributed by atoms with van der Waals surface area (Å²) in [7, 11) is 0. The third-order valence-corrected chi connectivity index (χ3v) is 2.17. The van der Waals surface area contributed by atoms with Gasteiger partial charge in [0.05, 0.1) is 18.1 Å². The number of nitrogens with two attached hydrogens (primary N) is 1.